The SMILES string of the molecule is COc1cc(C(=O)N2C[C@@H]3CCCN3C[C@H]2C)cc(Cl)c1OC. The van der Waals surface area contributed by atoms with E-state index >= 15 is 0 Å². The van der Waals surface area contributed by atoms with E-state index in [2.05, 4.69) is 11.8 Å². The van der Waals surface area contributed by atoms with Crippen LogP contribution in [-0.2, 0) is 0 Å². The van der Waals surface area contributed by atoms with Gasteiger partial charge >= 0.3 is 0 Å². The number of ether oxygens (including phenoxy) is 2. The molecule has 1 aromatic carbocycles. The lowest BCUT2D eigenvalue weighted by Gasteiger charge is -2.42. The Hall–Kier alpha value is -1.46. The number of rotatable bonds is 3. The molecule has 2 atom stereocenters. The Bertz CT molecular complexity index is 608. The normalized spacial score (nSPS) is 24.4. The molecule has 0 radical (unpaired) electrons. The van der Waals surface area contributed by atoms with Gasteiger partial charge in [0.05, 0.1) is 19.2 Å². The van der Waals surface area contributed by atoms with Gasteiger partial charge in [0.15, 0.2) is 11.5 Å². The first-order chi connectivity index (χ1) is 11.0. The zero-order valence-electron chi connectivity index (χ0n) is 13.8. The van der Waals surface area contributed by atoms with Crippen molar-refractivity contribution in [2.45, 2.75) is 31.8 Å². The molecule has 126 valence electrons. The molecule has 0 unspecified atom stereocenters. The molecule has 2 saturated heterocycles. The van der Waals surface area contributed by atoms with E-state index in [-0.39, 0.29) is 11.9 Å². The molecule has 0 N–H and O–H groups in total. The van der Waals surface area contributed by atoms with Gasteiger partial charge in [-0.1, -0.05) is 11.6 Å². The Morgan fingerprint density at radius 1 is 1.26 bits per heavy atom. The van der Waals surface area contributed by atoms with Crippen molar-refractivity contribution in [3.8, 4) is 11.5 Å². The van der Waals surface area contributed by atoms with E-state index < -0.39 is 0 Å². The summed E-state index contributed by atoms with van der Waals surface area (Å²) in [4.78, 5) is 17.4. The van der Waals surface area contributed by atoms with Crippen molar-refractivity contribution in [1.82, 2.24) is 9.80 Å². The number of benzene rings is 1. The van der Waals surface area contributed by atoms with Gasteiger partial charge in [0, 0.05) is 30.7 Å². The van der Waals surface area contributed by atoms with Crippen LogP contribution < -0.4 is 9.47 Å². The highest BCUT2D eigenvalue weighted by Crippen LogP contribution is 2.37. The predicted octanol–water partition coefficient (Wildman–Crippen LogP) is 2.67. The van der Waals surface area contributed by atoms with Gasteiger partial charge in [0.2, 0.25) is 0 Å². The van der Waals surface area contributed by atoms with E-state index in [4.69, 9.17) is 21.1 Å². The van der Waals surface area contributed by atoms with E-state index in [0.717, 1.165) is 19.6 Å². The number of methoxy groups -OCH3 is 2. The number of carbonyl (C=O) groups excluding carboxylic acids is 1. The quantitative estimate of drug-likeness (QED) is 0.849. The average Bonchev–Trinajstić information content (AvgIpc) is 2.99. The highest BCUT2D eigenvalue weighted by atomic mass is 35.5. The van der Waals surface area contributed by atoms with E-state index in [1.807, 2.05) is 4.90 Å². The minimum absolute atomic E-state index is 0.00639. The first-order valence-electron chi connectivity index (χ1n) is 8.01. The Morgan fingerprint density at radius 3 is 2.74 bits per heavy atom. The highest BCUT2D eigenvalue weighted by molar-refractivity contribution is 6.32. The van der Waals surface area contributed by atoms with Crippen molar-refractivity contribution < 1.29 is 14.3 Å². The molecule has 23 heavy (non-hydrogen) atoms. The fourth-order valence-corrected chi connectivity index (χ4v) is 3.97. The van der Waals surface area contributed by atoms with Crippen molar-refractivity contribution in [1.29, 1.82) is 0 Å². The second kappa shape index (κ2) is 6.57. The third kappa shape index (κ3) is 3.00. The lowest BCUT2D eigenvalue weighted by molar-refractivity contribution is 0.0395. The van der Waals surface area contributed by atoms with Crippen LogP contribution in [-0.4, -0.2) is 61.6 Å². The lowest BCUT2D eigenvalue weighted by atomic mass is 10.1. The molecule has 2 aliphatic heterocycles. The summed E-state index contributed by atoms with van der Waals surface area (Å²) in [6, 6.07) is 4.06. The van der Waals surface area contributed by atoms with Crippen molar-refractivity contribution in [2.24, 2.45) is 0 Å². The standard InChI is InChI=1S/C17H23ClN2O3/c1-11-9-19-6-4-5-13(19)10-20(11)17(21)12-7-14(18)16(23-3)15(8-12)22-2/h7-8,11,13H,4-6,9-10H2,1-3H3/t11-,13+/m1/s1. The van der Waals surface area contributed by atoms with Crippen LogP contribution in [0.5, 0.6) is 11.5 Å². The van der Waals surface area contributed by atoms with Crippen LogP contribution in [0.15, 0.2) is 12.1 Å². The fraction of sp³-hybridized carbons (Fsp3) is 0.588. The maximum Gasteiger partial charge on any atom is 0.254 e. The molecule has 2 aliphatic rings. The zero-order valence-corrected chi connectivity index (χ0v) is 14.6. The molecule has 6 heteroatoms. The number of nitrogens with zero attached hydrogens (tertiary/aromatic N) is 2. The topological polar surface area (TPSA) is 42.0 Å². The third-order valence-corrected chi connectivity index (χ3v) is 5.16. The first-order valence-corrected chi connectivity index (χ1v) is 8.39. The summed E-state index contributed by atoms with van der Waals surface area (Å²) < 4.78 is 10.5. The summed E-state index contributed by atoms with van der Waals surface area (Å²) in [5.74, 6) is 0.946. The minimum atomic E-state index is 0.00639. The second-order valence-electron chi connectivity index (χ2n) is 6.29. The molecule has 2 fully saturated rings. The van der Waals surface area contributed by atoms with Crippen molar-refractivity contribution in [3.05, 3.63) is 22.7 Å². The number of carbonyl (C=O) groups is 1. The van der Waals surface area contributed by atoms with E-state index in [0.29, 0.717) is 28.1 Å². The first kappa shape index (κ1) is 16.4. The Morgan fingerprint density at radius 2 is 2.04 bits per heavy atom. The smallest absolute Gasteiger partial charge is 0.254 e. The molecule has 0 bridgehead atoms. The van der Waals surface area contributed by atoms with Crippen LogP contribution in [0.1, 0.15) is 30.1 Å². The summed E-state index contributed by atoms with van der Waals surface area (Å²) in [7, 11) is 3.08. The summed E-state index contributed by atoms with van der Waals surface area (Å²) in [5, 5.41) is 0.391. The van der Waals surface area contributed by atoms with Crippen molar-refractivity contribution in [2.75, 3.05) is 33.9 Å². The second-order valence-corrected chi connectivity index (χ2v) is 6.70. The van der Waals surface area contributed by atoms with Crippen molar-refractivity contribution >= 4 is 17.5 Å². The number of piperazine rings is 1. The van der Waals surface area contributed by atoms with Gasteiger partial charge in [-0.25, -0.2) is 0 Å². The van der Waals surface area contributed by atoms with Gasteiger partial charge in [-0.15, -0.1) is 0 Å². The summed E-state index contributed by atoms with van der Waals surface area (Å²) in [5.41, 5.74) is 0.547. The zero-order chi connectivity index (χ0) is 16.6. The number of amides is 1. The van der Waals surface area contributed by atoms with Crippen molar-refractivity contribution in [3.63, 3.8) is 0 Å². The van der Waals surface area contributed by atoms with Gasteiger partial charge in [0.1, 0.15) is 0 Å². The van der Waals surface area contributed by atoms with Gasteiger partial charge in [-0.3, -0.25) is 9.69 Å². The van der Waals surface area contributed by atoms with Gasteiger partial charge in [-0.2, -0.15) is 0 Å². The summed E-state index contributed by atoms with van der Waals surface area (Å²) >= 11 is 6.24. The Kier molecular flexibility index (Phi) is 4.69. The molecule has 2 heterocycles. The lowest BCUT2D eigenvalue weighted by Crippen LogP contribution is -2.56. The predicted molar refractivity (Wildman–Crippen MR) is 89.6 cm³/mol. The van der Waals surface area contributed by atoms with E-state index in [1.54, 1.807) is 19.2 Å². The maximum absolute atomic E-state index is 13.0. The molecule has 0 aliphatic carbocycles. The Labute approximate surface area is 142 Å². The summed E-state index contributed by atoms with van der Waals surface area (Å²) in [6.07, 6.45) is 2.39. The fourth-order valence-electron chi connectivity index (χ4n) is 3.68. The van der Waals surface area contributed by atoms with Crippen LogP contribution in [0.2, 0.25) is 5.02 Å². The molecule has 0 spiro atoms. The average molecular weight is 339 g/mol. The van der Waals surface area contributed by atoms with Crippen LogP contribution in [0.4, 0.5) is 0 Å². The van der Waals surface area contributed by atoms with Crippen LogP contribution >= 0.6 is 11.6 Å². The minimum Gasteiger partial charge on any atom is -0.493 e. The van der Waals surface area contributed by atoms with Gasteiger partial charge in [0.25, 0.3) is 5.91 Å². The number of hydrogen-bond acceptors (Lipinski definition) is 4. The van der Waals surface area contributed by atoms with Crippen LogP contribution in [0, 0.1) is 0 Å². The van der Waals surface area contributed by atoms with E-state index in [9.17, 15) is 4.79 Å². The highest BCUT2D eigenvalue weighted by Gasteiger charge is 2.37. The largest absolute Gasteiger partial charge is 0.493 e. The number of hydrogen-bond donors (Lipinski definition) is 0. The molecule has 1 amide bonds. The molecule has 1 aromatic rings. The molecular weight excluding hydrogens is 316 g/mol. The summed E-state index contributed by atoms with van der Waals surface area (Å²) in [6.45, 7) is 4.98. The molecule has 3 rings (SSSR count). The maximum atomic E-state index is 13.0. The number of fused-ring (bicyclic) bond motifs is 1. The molecule has 5 nitrogen and oxygen atoms in total. The van der Waals surface area contributed by atoms with Crippen LogP contribution in [0.3, 0.4) is 0 Å². The monoisotopic (exact) mass is 338 g/mol. The number of halogens is 1. The Balaban J connectivity index is 1.86. The van der Waals surface area contributed by atoms with Gasteiger partial charge in [-0.05, 0) is 38.4 Å². The van der Waals surface area contributed by atoms with Crippen LogP contribution in [0.25, 0.3) is 0 Å². The van der Waals surface area contributed by atoms with E-state index in [1.165, 1.54) is 20.0 Å². The molecule has 0 aromatic heterocycles. The third-order valence-electron chi connectivity index (χ3n) is 4.88. The molecule has 0 saturated carbocycles. The molecular formula is C17H23ClN2O3. The van der Waals surface area contributed by atoms with Gasteiger partial charge < -0.3 is 14.4 Å².